The number of carbonyl (C=O) groups excluding carboxylic acids is 1. The van der Waals surface area contributed by atoms with Gasteiger partial charge in [-0.25, -0.2) is 0 Å². The van der Waals surface area contributed by atoms with Gasteiger partial charge in [0.15, 0.2) is 0 Å². The van der Waals surface area contributed by atoms with Crippen molar-refractivity contribution >= 4 is 40.9 Å². The second-order valence-corrected chi connectivity index (χ2v) is 10.1. The second kappa shape index (κ2) is 12.7. The highest BCUT2D eigenvalue weighted by molar-refractivity contribution is 8.00. The predicted octanol–water partition coefficient (Wildman–Crippen LogP) is 5.28. The minimum absolute atomic E-state index is 0.0598. The molecule has 0 aliphatic carbocycles. The quantitative estimate of drug-likeness (QED) is 0.453. The average molecular weight is 497 g/mol. The molecule has 1 amide bonds. The lowest BCUT2D eigenvalue weighted by molar-refractivity contribution is -0.120. The van der Waals surface area contributed by atoms with Gasteiger partial charge in [0.2, 0.25) is 5.91 Å². The Morgan fingerprint density at radius 3 is 2.81 bits per heavy atom. The Labute approximate surface area is 204 Å². The SMILES string of the molecule is CC(Sc1cc(Cl)ccc1Cl)C(=O)NCc1cccc(OCCN(C)C2CCOCC2)c1. The second-order valence-electron chi connectivity index (χ2n) is 7.87. The molecule has 1 N–H and O–H groups in total. The van der Waals surface area contributed by atoms with Gasteiger partial charge in [-0.2, -0.15) is 0 Å². The summed E-state index contributed by atoms with van der Waals surface area (Å²) in [4.78, 5) is 15.7. The molecule has 174 valence electrons. The molecule has 2 aromatic carbocycles. The monoisotopic (exact) mass is 496 g/mol. The van der Waals surface area contributed by atoms with Gasteiger partial charge < -0.3 is 14.8 Å². The maximum absolute atomic E-state index is 12.5. The number of amides is 1. The van der Waals surface area contributed by atoms with Gasteiger partial charge in [0.1, 0.15) is 12.4 Å². The summed E-state index contributed by atoms with van der Waals surface area (Å²) in [6.45, 7) is 5.46. The number of carbonyl (C=O) groups is 1. The van der Waals surface area contributed by atoms with Crippen molar-refractivity contribution in [2.75, 3.05) is 33.4 Å². The molecule has 1 saturated heterocycles. The van der Waals surface area contributed by atoms with Crippen LogP contribution in [0, 0.1) is 0 Å². The van der Waals surface area contributed by atoms with Crippen LogP contribution in [0.3, 0.4) is 0 Å². The van der Waals surface area contributed by atoms with E-state index in [2.05, 4.69) is 17.3 Å². The lowest BCUT2D eigenvalue weighted by Gasteiger charge is -2.31. The number of hydrogen-bond acceptors (Lipinski definition) is 5. The van der Waals surface area contributed by atoms with Crippen LogP contribution in [0.2, 0.25) is 10.0 Å². The van der Waals surface area contributed by atoms with Gasteiger partial charge in [-0.3, -0.25) is 9.69 Å². The van der Waals surface area contributed by atoms with Crippen molar-refractivity contribution in [1.29, 1.82) is 0 Å². The smallest absolute Gasteiger partial charge is 0.233 e. The Hall–Kier alpha value is -1.44. The molecule has 1 aliphatic rings. The molecule has 5 nitrogen and oxygen atoms in total. The fourth-order valence-corrected chi connectivity index (χ4v) is 4.94. The molecule has 8 heteroatoms. The molecule has 1 aliphatic heterocycles. The molecule has 0 radical (unpaired) electrons. The van der Waals surface area contributed by atoms with Gasteiger partial charge in [0, 0.05) is 42.3 Å². The first-order valence-corrected chi connectivity index (χ1v) is 12.4. The maximum Gasteiger partial charge on any atom is 0.233 e. The molecule has 1 fully saturated rings. The van der Waals surface area contributed by atoms with Crippen LogP contribution < -0.4 is 10.1 Å². The van der Waals surface area contributed by atoms with Crippen LogP contribution in [0.25, 0.3) is 0 Å². The van der Waals surface area contributed by atoms with Crippen molar-refractivity contribution in [3.05, 3.63) is 58.1 Å². The van der Waals surface area contributed by atoms with Gasteiger partial charge in [-0.1, -0.05) is 35.3 Å². The standard InChI is InChI=1S/C24H30Cl2N2O3S/c1-17(32-23-15-19(25)6-7-22(23)26)24(29)27-16-18-4-3-5-21(14-18)31-13-10-28(2)20-8-11-30-12-9-20/h3-7,14-15,17,20H,8-13,16H2,1-2H3,(H,27,29). The number of nitrogens with zero attached hydrogens (tertiary/aromatic N) is 1. The van der Waals surface area contributed by atoms with Crippen LogP contribution in [-0.2, 0) is 16.1 Å². The first-order valence-electron chi connectivity index (χ1n) is 10.8. The van der Waals surface area contributed by atoms with E-state index in [1.54, 1.807) is 18.2 Å². The lowest BCUT2D eigenvalue weighted by atomic mass is 10.1. The lowest BCUT2D eigenvalue weighted by Crippen LogP contribution is -2.38. The van der Waals surface area contributed by atoms with E-state index in [1.165, 1.54) is 11.8 Å². The van der Waals surface area contributed by atoms with E-state index in [0.717, 1.165) is 48.8 Å². The van der Waals surface area contributed by atoms with Crippen LogP contribution in [0.5, 0.6) is 5.75 Å². The van der Waals surface area contributed by atoms with E-state index in [-0.39, 0.29) is 11.2 Å². The highest BCUT2D eigenvalue weighted by Crippen LogP contribution is 2.32. The highest BCUT2D eigenvalue weighted by atomic mass is 35.5. The van der Waals surface area contributed by atoms with Crippen molar-refractivity contribution in [1.82, 2.24) is 10.2 Å². The van der Waals surface area contributed by atoms with Crippen LogP contribution in [0.15, 0.2) is 47.4 Å². The summed E-state index contributed by atoms with van der Waals surface area (Å²) in [5, 5.41) is 3.87. The van der Waals surface area contributed by atoms with Crippen molar-refractivity contribution in [3.8, 4) is 5.75 Å². The number of benzene rings is 2. The van der Waals surface area contributed by atoms with Crippen molar-refractivity contribution < 1.29 is 14.3 Å². The normalized spacial score (nSPS) is 15.5. The Bertz CT molecular complexity index is 893. The predicted molar refractivity (Wildman–Crippen MR) is 132 cm³/mol. The zero-order valence-corrected chi connectivity index (χ0v) is 20.8. The third-order valence-electron chi connectivity index (χ3n) is 5.46. The van der Waals surface area contributed by atoms with Gasteiger partial charge in [0.25, 0.3) is 0 Å². The van der Waals surface area contributed by atoms with Crippen LogP contribution >= 0.6 is 35.0 Å². The molecule has 2 aromatic rings. The van der Waals surface area contributed by atoms with Crippen molar-refractivity contribution in [3.63, 3.8) is 0 Å². The number of nitrogens with one attached hydrogen (secondary N) is 1. The molecule has 32 heavy (non-hydrogen) atoms. The average Bonchev–Trinajstić information content (AvgIpc) is 2.80. The van der Waals surface area contributed by atoms with Crippen LogP contribution in [-0.4, -0.2) is 55.5 Å². The van der Waals surface area contributed by atoms with Crippen molar-refractivity contribution in [2.45, 2.75) is 42.5 Å². The first-order chi connectivity index (χ1) is 15.4. The van der Waals surface area contributed by atoms with E-state index >= 15 is 0 Å². The minimum atomic E-state index is -0.300. The Morgan fingerprint density at radius 2 is 2.03 bits per heavy atom. The zero-order valence-electron chi connectivity index (χ0n) is 18.5. The van der Waals surface area contributed by atoms with Crippen LogP contribution in [0.4, 0.5) is 0 Å². The third kappa shape index (κ3) is 7.85. The number of halogens is 2. The molecule has 0 saturated carbocycles. The summed E-state index contributed by atoms with van der Waals surface area (Å²) < 4.78 is 11.4. The molecule has 1 atom stereocenters. The van der Waals surface area contributed by atoms with Gasteiger partial charge in [-0.05, 0) is 62.7 Å². The summed E-state index contributed by atoms with van der Waals surface area (Å²) >= 11 is 13.6. The van der Waals surface area contributed by atoms with E-state index in [0.29, 0.717) is 29.2 Å². The molecule has 1 heterocycles. The molecular formula is C24H30Cl2N2O3S. The summed E-state index contributed by atoms with van der Waals surface area (Å²) in [6, 6.07) is 13.7. The summed E-state index contributed by atoms with van der Waals surface area (Å²) in [7, 11) is 2.14. The fraction of sp³-hybridized carbons (Fsp3) is 0.458. The molecule has 0 bridgehead atoms. The number of hydrogen-bond donors (Lipinski definition) is 1. The number of likely N-dealkylation sites (N-methyl/N-ethyl adjacent to an activating group) is 1. The molecule has 1 unspecified atom stereocenters. The molecule has 3 rings (SSSR count). The largest absolute Gasteiger partial charge is 0.492 e. The van der Waals surface area contributed by atoms with Crippen molar-refractivity contribution in [2.24, 2.45) is 0 Å². The maximum atomic E-state index is 12.5. The van der Waals surface area contributed by atoms with Gasteiger partial charge in [-0.15, -0.1) is 11.8 Å². The first kappa shape index (κ1) is 25.2. The van der Waals surface area contributed by atoms with E-state index < -0.39 is 0 Å². The topological polar surface area (TPSA) is 50.8 Å². The number of thioether (sulfide) groups is 1. The highest BCUT2D eigenvalue weighted by Gasteiger charge is 2.18. The summed E-state index contributed by atoms with van der Waals surface area (Å²) in [5.74, 6) is 0.751. The molecule has 0 aromatic heterocycles. The number of rotatable bonds is 10. The van der Waals surface area contributed by atoms with E-state index in [1.807, 2.05) is 31.2 Å². The van der Waals surface area contributed by atoms with Gasteiger partial charge in [0.05, 0.1) is 10.3 Å². The third-order valence-corrected chi connectivity index (χ3v) is 7.29. The Balaban J connectivity index is 1.43. The summed E-state index contributed by atoms with van der Waals surface area (Å²) in [5.41, 5.74) is 0.992. The Morgan fingerprint density at radius 1 is 1.25 bits per heavy atom. The fourth-order valence-electron chi connectivity index (χ4n) is 3.51. The van der Waals surface area contributed by atoms with Crippen LogP contribution in [0.1, 0.15) is 25.3 Å². The minimum Gasteiger partial charge on any atom is -0.492 e. The summed E-state index contributed by atoms with van der Waals surface area (Å²) in [6.07, 6.45) is 2.15. The Kier molecular flexibility index (Phi) is 10.0. The molecular weight excluding hydrogens is 467 g/mol. The number of ether oxygens (including phenoxy) is 2. The zero-order chi connectivity index (χ0) is 22.9. The molecule has 0 spiro atoms. The van der Waals surface area contributed by atoms with E-state index in [4.69, 9.17) is 32.7 Å². The van der Waals surface area contributed by atoms with Gasteiger partial charge >= 0.3 is 0 Å². The van der Waals surface area contributed by atoms with E-state index in [9.17, 15) is 4.79 Å².